The lowest BCUT2D eigenvalue weighted by atomic mass is 9.94. The van der Waals surface area contributed by atoms with Gasteiger partial charge in [0, 0.05) is 54.8 Å². The number of primary amides is 1. The lowest BCUT2D eigenvalue weighted by Gasteiger charge is -2.38. The minimum Gasteiger partial charge on any atom is -0.367 e. The van der Waals surface area contributed by atoms with Gasteiger partial charge in [-0.1, -0.05) is 20.8 Å². The number of H-pyrrole nitrogens is 1. The van der Waals surface area contributed by atoms with Crippen LogP contribution in [-0.4, -0.2) is 52.9 Å². The highest BCUT2D eigenvalue weighted by molar-refractivity contribution is 5.95. The predicted octanol–water partition coefficient (Wildman–Crippen LogP) is 1.76. The Hall–Kier alpha value is -2.83. The van der Waals surface area contributed by atoms with E-state index < -0.39 is 5.91 Å². The third kappa shape index (κ3) is 3.71. The lowest BCUT2D eigenvalue weighted by molar-refractivity contribution is -0.139. The summed E-state index contributed by atoms with van der Waals surface area (Å²) < 4.78 is 0. The van der Waals surface area contributed by atoms with Gasteiger partial charge in [-0.2, -0.15) is 0 Å². The number of pyridine rings is 1. The van der Waals surface area contributed by atoms with Crippen LogP contribution in [0.15, 0.2) is 24.5 Å². The molecule has 7 nitrogen and oxygen atoms in total. The molecule has 0 aromatic carbocycles. The Morgan fingerprint density at radius 1 is 1.23 bits per heavy atom. The highest BCUT2D eigenvalue weighted by Crippen LogP contribution is 2.25. The van der Waals surface area contributed by atoms with Crippen molar-refractivity contribution in [2.24, 2.45) is 11.1 Å². The van der Waals surface area contributed by atoms with E-state index in [1.165, 1.54) is 6.08 Å². The Kier molecular flexibility index (Phi) is 4.71. The summed E-state index contributed by atoms with van der Waals surface area (Å²) in [5.41, 5.74) is 7.47. The maximum absolute atomic E-state index is 12.4. The quantitative estimate of drug-likeness (QED) is 0.820. The van der Waals surface area contributed by atoms with Crippen LogP contribution in [0, 0.1) is 5.41 Å². The number of aromatic nitrogens is 2. The van der Waals surface area contributed by atoms with Crippen LogP contribution in [0.2, 0.25) is 0 Å². The summed E-state index contributed by atoms with van der Waals surface area (Å²) in [4.78, 5) is 35.1. The molecule has 0 atom stereocenters. The molecule has 3 rings (SSSR count). The number of anilines is 1. The number of nitrogens with one attached hydrogen (secondary N) is 1. The van der Waals surface area contributed by atoms with E-state index in [9.17, 15) is 9.59 Å². The minimum absolute atomic E-state index is 0.190. The molecule has 0 saturated carbocycles. The van der Waals surface area contributed by atoms with Crippen LogP contribution in [0.3, 0.4) is 0 Å². The van der Waals surface area contributed by atoms with Gasteiger partial charge in [0.1, 0.15) is 5.65 Å². The largest absolute Gasteiger partial charge is 0.367 e. The van der Waals surface area contributed by atoms with Crippen LogP contribution in [0.4, 0.5) is 5.69 Å². The van der Waals surface area contributed by atoms with Gasteiger partial charge in [0.05, 0.1) is 11.9 Å². The predicted molar refractivity (Wildman–Crippen MR) is 103 cm³/mol. The van der Waals surface area contributed by atoms with Gasteiger partial charge < -0.3 is 20.5 Å². The van der Waals surface area contributed by atoms with Gasteiger partial charge in [-0.05, 0) is 12.1 Å². The molecule has 0 aliphatic carbocycles. The summed E-state index contributed by atoms with van der Waals surface area (Å²) in [6.45, 7) is 8.80. The lowest BCUT2D eigenvalue weighted by Crippen LogP contribution is -2.51. The SMILES string of the molecule is CC(C)(C)C(=O)N1CCN(c2cnc3[nH]cc(C=CC(N)=O)c3c2)CC1. The van der Waals surface area contributed by atoms with Gasteiger partial charge >= 0.3 is 0 Å². The molecule has 3 N–H and O–H groups in total. The first-order valence-corrected chi connectivity index (χ1v) is 8.74. The van der Waals surface area contributed by atoms with Crippen molar-refractivity contribution in [3.05, 3.63) is 30.1 Å². The molecule has 7 heteroatoms. The van der Waals surface area contributed by atoms with Crippen LogP contribution in [0.25, 0.3) is 17.1 Å². The van der Waals surface area contributed by atoms with Crippen molar-refractivity contribution in [2.45, 2.75) is 20.8 Å². The van der Waals surface area contributed by atoms with Crippen molar-refractivity contribution >= 4 is 34.6 Å². The summed E-state index contributed by atoms with van der Waals surface area (Å²) in [7, 11) is 0. The number of hydrogen-bond acceptors (Lipinski definition) is 4. The van der Waals surface area contributed by atoms with Crippen molar-refractivity contribution in [1.82, 2.24) is 14.9 Å². The Morgan fingerprint density at radius 2 is 1.92 bits per heavy atom. The normalized spacial score (nSPS) is 15.8. The molecule has 0 spiro atoms. The Labute approximate surface area is 152 Å². The van der Waals surface area contributed by atoms with Crippen LogP contribution in [0.5, 0.6) is 0 Å². The highest BCUT2D eigenvalue weighted by atomic mass is 16.2. The summed E-state index contributed by atoms with van der Waals surface area (Å²) in [6.07, 6.45) is 6.67. The van der Waals surface area contributed by atoms with E-state index in [1.54, 1.807) is 12.3 Å². The van der Waals surface area contributed by atoms with Crippen LogP contribution in [-0.2, 0) is 9.59 Å². The number of nitrogens with two attached hydrogens (primary N) is 1. The number of amides is 2. The molecule has 26 heavy (non-hydrogen) atoms. The zero-order valence-electron chi connectivity index (χ0n) is 15.5. The van der Waals surface area contributed by atoms with Gasteiger partial charge in [0.25, 0.3) is 0 Å². The first kappa shape index (κ1) is 18.0. The smallest absolute Gasteiger partial charge is 0.241 e. The van der Waals surface area contributed by atoms with Gasteiger partial charge in [0.15, 0.2) is 0 Å². The molecule has 0 bridgehead atoms. The van der Waals surface area contributed by atoms with Crippen molar-refractivity contribution < 1.29 is 9.59 Å². The van der Waals surface area contributed by atoms with E-state index in [2.05, 4.69) is 20.9 Å². The van der Waals surface area contributed by atoms with Crippen LogP contribution >= 0.6 is 0 Å². The van der Waals surface area contributed by atoms with E-state index >= 15 is 0 Å². The summed E-state index contributed by atoms with van der Waals surface area (Å²) >= 11 is 0. The summed E-state index contributed by atoms with van der Waals surface area (Å²) in [5, 5.41) is 0.938. The maximum Gasteiger partial charge on any atom is 0.241 e. The third-order valence-corrected chi connectivity index (χ3v) is 4.55. The second-order valence-electron chi connectivity index (χ2n) is 7.60. The molecule has 2 aromatic heterocycles. The average Bonchev–Trinajstić information content (AvgIpc) is 3.01. The molecular weight excluding hydrogens is 330 g/mol. The monoisotopic (exact) mass is 355 g/mol. The number of aromatic amines is 1. The maximum atomic E-state index is 12.4. The fourth-order valence-electron chi connectivity index (χ4n) is 3.14. The average molecular weight is 355 g/mol. The van der Waals surface area contributed by atoms with Crippen molar-refractivity contribution in [3.8, 4) is 0 Å². The second kappa shape index (κ2) is 6.82. The molecule has 1 aliphatic rings. The zero-order chi connectivity index (χ0) is 18.9. The molecule has 138 valence electrons. The van der Waals surface area contributed by atoms with Gasteiger partial charge in [0.2, 0.25) is 11.8 Å². The van der Waals surface area contributed by atoms with E-state index in [0.29, 0.717) is 13.1 Å². The minimum atomic E-state index is -0.483. The molecule has 0 unspecified atom stereocenters. The Balaban J connectivity index is 1.76. The van der Waals surface area contributed by atoms with Crippen LogP contribution in [0.1, 0.15) is 26.3 Å². The third-order valence-electron chi connectivity index (χ3n) is 4.55. The van der Waals surface area contributed by atoms with E-state index in [-0.39, 0.29) is 11.3 Å². The number of nitrogens with zero attached hydrogens (tertiary/aromatic N) is 3. The number of rotatable bonds is 3. The molecule has 0 radical (unpaired) electrons. The first-order chi connectivity index (χ1) is 12.3. The fourth-order valence-corrected chi connectivity index (χ4v) is 3.14. The molecule has 1 fully saturated rings. The molecular formula is C19H25N5O2. The second-order valence-corrected chi connectivity index (χ2v) is 7.60. The number of fused-ring (bicyclic) bond motifs is 1. The van der Waals surface area contributed by atoms with Crippen molar-refractivity contribution in [1.29, 1.82) is 0 Å². The Bertz CT molecular complexity index is 854. The van der Waals surface area contributed by atoms with E-state index in [4.69, 9.17) is 5.73 Å². The molecule has 2 aromatic rings. The zero-order valence-corrected chi connectivity index (χ0v) is 15.5. The number of hydrogen-bond donors (Lipinski definition) is 2. The molecule has 1 saturated heterocycles. The number of carbonyl (C=O) groups is 2. The molecule has 3 heterocycles. The Morgan fingerprint density at radius 3 is 2.54 bits per heavy atom. The standard InChI is InChI=1S/C19H25N5O2/c1-19(2,3)18(26)24-8-6-23(7-9-24)14-10-15-13(4-5-16(20)25)11-21-17(15)22-12-14/h4-5,10-12H,6-9H2,1-3H3,(H2,20,25)(H,21,22). The summed E-state index contributed by atoms with van der Waals surface area (Å²) in [5.74, 6) is -0.293. The topological polar surface area (TPSA) is 95.3 Å². The van der Waals surface area contributed by atoms with Crippen molar-refractivity contribution in [3.63, 3.8) is 0 Å². The highest BCUT2D eigenvalue weighted by Gasteiger charge is 2.29. The van der Waals surface area contributed by atoms with Crippen LogP contribution < -0.4 is 10.6 Å². The van der Waals surface area contributed by atoms with Gasteiger partial charge in [-0.15, -0.1) is 0 Å². The molecule has 1 aliphatic heterocycles. The van der Waals surface area contributed by atoms with E-state index in [1.807, 2.05) is 31.9 Å². The van der Waals surface area contributed by atoms with E-state index in [0.717, 1.165) is 35.4 Å². The molecule has 2 amide bonds. The van der Waals surface area contributed by atoms with Crippen molar-refractivity contribution in [2.75, 3.05) is 31.1 Å². The fraction of sp³-hybridized carbons (Fsp3) is 0.421. The van der Waals surface area contributed by atoms with Gasteiger partial charge in [-0.25, -0.2) is 4.98 Å². The number of carbonyl (C=O) groups excluding carboxylic acids is 2. The van der Waals surface area contributed by atoms with Gasteiger partial charge in [-0.3, -0.25) is 9.59 Å². The number of piperazine rings is 1. The first-order valence-electron chi connectivity index (χ1n) is 8.74. The summed E-state index contributed by atoms with van der Waals surface area (Å²) in [6, 6.07) is 2.06.